The predicted octanol–water partition coefficient (Wildman–Crippen LogP) is 2.21. The van der Waals surface area contributed by atoms with Crippen molar-refractivity contribution in [3.63, 3.8) is 0 Å². The summed E-state index contributed by atoms with van der Waals surface area (Å²) in [4.78, 5) is 10.7. The summed E-state index contributed by atoms with van der Waals surface area (Å²) < 4.78 is 11.4. The Morgan fingerprint density at radius 2 is 2.10 bits per heavy atom. The molecule has 0 aromatic heterocycles. The van der Waals surface area contributed by atoms with Crippen LogP contribution >= 0.6 is 12.2 Å². The van der Waals surface area contributed by atoms with Gasteiger partial charge in [0.1, 0.15) is 16.3 Å². The molecule has 2 aliphatic rings. The highest BCUT2D eigenvalue weighted by Crippen LogP contribution is 2.41. The minimum absolute atomic E-state index is 0.0116. The molecule has 0 bridgehead atoms. The fourth-order valence-electron chi connectivity index (χ4n) is 2.69. The number of benzene rings is 1. The van der Waals surface area contributed by atoms with Gasteiger partial charge in [-0.25, -0.2) is 0 Å². The molecule has 1 saturated heterocycles. The first-order valence-electron chi connectivity index (χ1n) is 6.59. The Morgan fingerprint density at radius 3 is 2.71 bits per heavy atom. The lowest BCUT2D eigenvalue weighted by Crippen LogP contribution is -2.42. The van der Waals surface area contributed by atoms with Gasteiger partial charge in [-0.1, -0.05) is 12.2 Å². The molecule has 0 saturated carbocycles. The zero-order valence-corrected chi connectivity index (χ0v) is 12.0. The molecule has 2 aliphatic heterocycles. The highest BCUT2D eigenvalue weighted by molar-refractivity contribution is 7.81. The third-order valence-electron chi connectivity index (χ3n) is 3.79. The standard InChI is InChI=1S/C14H14N2O4S/c15-13(21)11-8-14(3-5-19-6-4-14)20-12-2-1-9(16(17)18)7-10(11)12/h1-2,7-8H,3-6H2,(H2,15,21). The molecule has 110 valence electrons. The van der Waals surface area contributed by atoms with Crippen LogP contribution in [0.15, 0.2) is 24.3 Å². The summed E-state index contributed by atoms with van der Waals surface area (Å²) in [5.41, 5.74) is 6.52. The molecule has 3 rings (SSSR count). The van der Waals surface area contributed by atoms with Crippen molar-refractivity contribution >= 4 is 28.5 Å². The molecule has 0 unspecified atom stereocenters. The maximum absolute atomic E-state index is 10.9. The van der Waals surface area contributed by atoms with Crippen molar-refractivity contribution in [3.8, 4) is 5.75 Å². The van der Waals surface area contributed by atoms with Crippen molar-refractivity contribution in [2.75, 3.05) is 13.2 Å². The normalized spacial score (nSPS) is 19.3. The number of ether oxygens (including phenoxy) is 2. The Hall–Kier alpha value is -1.99. The average Bonchev–Trinajstić information content (AvgIpc) is 2.46. The van der Waals surface area contributed by atoms with Gasteiger partial charge in [-0.05, 0) is 12.1 Å². The van der Waals surface area contributed by atoms with Crippen molar-refractivity contribution in [2.24, 2.45) is 5.73 Å². The number of hydrogen-bond acceptors (Lipinski definition) is 5. The van der Waals surface area contributed by atoms with Crippen molar-refractivity contribution < 1.29 is 14.4 Å². The van der Waals surface area contributed by atoms with E-state index in [4.69, 9.17) is 27.4 Å². The van der Waals surface area contributed by atoms with E-state index in [-0.39, 0.29) is 10.7 Å². The summed E-state index contributed by atoms with van der Waals surface area (Å²) in [7, 11) is 0. The highest BCUT2D eigenvalue weighted by atomic mass is 32.1. The molecule has 1 spiro atoms. The number of nitro groups is 1. The minimum Gasteiger partial charge on any atom is -0.482 e. The van der Waals surface area contributed by atoms with Crippen LogP contribution in [0.2, 0.25) is 0 Å². The van der Waals surface area contributed by atoms with Gasteiger partial charge in [0.25, 0.3) is 5.69 Å². The Balaban J connectivity index is 2.10. The Bertz CT molecular complexity index is 650. The number of nitro benzene ring substituents is 1. The Kier molecular flexibility index (Phi) is 3.38. The fraction of sp³-hybridized carbons (Fsp3) is 0.357. The van der Waals surface area contributed by atoms with Crippen LogP contribution in [0.4, 0.5) is 5.69 Å². The van der Waals surface area contributed by atoms with Gasteiger partial charge in [0.05, 0.1) is 18.1 Å². The van der Waals surface area contributed by atoms with E-state index in [1.54, 1.807) is 6.07 Å². The molecule has 0 aliphatic carbocycles. The van der Waals surface area contributed by atoms with E-state index >= 15 is 0 Å². The number of fused-ring (bicyclic) bond motifs is 1. The number of thiocarbonyl (C=S) groups is 1. The monoisotopic (exact) mass is 306 g/mol. The molecule has 0 amide bonds. The maximum atomic E-state index is 10.9. The van der Waals surface area contributed by atoms with Crippen molar-refractivity contribution in [1.29, 1.82) is 0 Å². The van der Waals surface area contributed by atoms with Crippen LogP contribution < -0.4 is 10.5 Å². The van der Waals surface area contributed by atoms with Gasteiger partial charge in [0.15, 0.2) is 0 Å². The second-order valence-electron chi connectivity index (χ2n) is 5.14. The van der Waals surface area contributed by atoms with E-state index in [0.29, 0.717) is 42.9 Å². The molecule has 1 aromatic rings. The van der Waals surface area contributed by atoms with Crippen LogP contribution in [0.1, 0.15) is 18.4 Å². The second-order valence-corrected chi connectivity index (χ2v) is 5.58. The van der Waals surface area contributed by atoms with Crippen LogP contribution in [0, 0.1) is 10.1 Å². The van der Waals surface area contributed by atoms with E-state index in [9.17, 15) is 10.1 Å². The fourth-order valence-corrected chi connectivity index (χ4v) is 2.86. The number of nitrogens with two attached hydrogens (primary N) is 1. The molecule has 1 aromatic carbocycles. The summed E-state index contributed by atoms with van der Waals surface area (Å²) in [6.07, 6.45) is 3.30. The summed E-state index contributed by atoms with van der Waals surface area (Å²) in [6.45, 7) is 1.20. The predicted molar refractivity (Wildman–Crippen MR) is 81.3 cm³/mol. The molecular weight excluding hydrogens is 292 g/mol. The molecular formula is C14H14N2O4S. The lowest BCUT2D eigenvalue weighted by Gasteiger charge is -2.39. The first-order chi connectivity index (χ1) is 10.0. The molecule has 1 fully saturated rings. The van der Waals surface area contributed by atoms with Crippen molar-refractivity contribution in [3.05, 3.63) is 40.0 Å². The maximum Gasteiger partial charge on any atom is 0.270 e. The van der Waals surface area contributed by atoms with Gasteiger partial charge < -0.3 is 15.2 Å². The third-order valence-corrected chi connectivity index (χ3v) is 4.01. The molecule has 0 atom stereocenters. The SMILES string of the molecule is NC(=S)C1=CC2(CCOCC2)Oc2ccc([N+](=O)[O-])cc21. The molecule has 7 heteroatoms. The zero-order valence-electron chi connectivity index (χ0n) is 11.2. The van der Waals surface area contributed by atoms with Gasteiger partial charge in [-0.15, -0.1) is 0 Å². The minimum atomic E-state index is -0.486. The summed E-state index contributed by atoms with van der Waals surface area (Å²) >= 11 is 5.11. The third kappa shape index (κ3) is 2.50. The number of nitrogens with zero attached hydrogens (tertiary/aromatic N) is 1. The van der Waals surface area contributed by atoms with Crippen LogP contribution in [0.3, 0.4) is 0 Å². The van der Waals surface area contributed by atoms with Gasteiger partial charge >= 0.3 is 0 Å². The molecule has 2 heterocycles. The van der Waals surface area contributed by atoms with Gasteiger partial charge in [0, 0.05) is 36.1 Å². The quantitative estimate of drug-likeness (QED) is 0.512. The number of hydrogen-bond donors (Lipinski definition) is 1. The van der Waals surface area contributed by atoms with E-state index in [1.165, 1.54) is 12.1 Å². The van der Waals surface area contributed by atoms with Crippen LogP contribution in [-0.2, 0) is 4.74 Å². The number of non-ortho nitro benzene ring substituents is 1. The molecule has 21 heavy (non-hydrogen) atoms. The lowest BCUT2D eigenvalue weighted by atomic mass is 9.86. The molecule has 0 radical (unpaired) electrons. The first kappa shape index (κ1) is 14.0. The topological polar surface area (TPSA) is 87.6 Å². The Labute approximate surface area is 126 Å². The lowest BCUT2D eigenvalue weighted by molar-refractivity contribution is -0.384. The van der Waals surface area contributed by atoms with Crippen LogP contribution in [0.25, 0.3) is 5.57 Å². The van der Waals surface area contributed by atoms with E-state index in [0.717, 1.165) is 0 Å². The van der Waals surface area contributed by atoms with Crippen molar-refractivity contribution in [1.82, 2.24) is 0 Å². The van der Waals surface area contributed by atoms with Crippen molar-refractivity contribution in [2.45, 2.75) is 18.4 Å². The van der Waals surface area contributed by atoms with Gasteiger partial charge in [-0.2, -0.15) is 0 Å². The molecule has 2 N–H and O–H groups in total. The Morgan fingerprint density at radius 1 is 1.38 bits per heavy atom. The molecule has 6 nitrogen and oxygen atoms in total. The first-order valence-corrected chi connectivity index (χ1v) is 7.00. The largest absolute Gasteiger partial charge is 0.482 e. The summed E-state index contributed by atoms with van der Waals surface area (Å²) in [6, 6.07) is 4.48. The number of rotatable bonds is 2. The van der Waals surface area contributed by atoms with Gasteiger partial charge in [-0.3, -0.25) is 10.1 Å². The zero-order chi connectivity index (χ0) is 15.0. The summed E-state index contributed by atoms with van der Waals surface area (Å²) in [5.74, 6) is 0.577. The van der Waals surface area contributed by atoms with Gasteiger partial charge in [0.2, 0.25) is 0 Å². The van der Waals surface area contributed by atoms with Crippen LogP contribution in [0.5, 0.6) is 5.75 Å². The van der Waals surface area contributed by atoms with E-state index in [2.05, 4.69) is 0 Å². The smallest absolute Gasteiger partial charge is 0.270 e. The average molecular weight is 306 g/mol. The highest BCUT2D eigenvalue weighted by Gasteiger charge is 2.38. The second kappa shape index (κ2) is 5.09. The van der Waals surface area contributed by atoms with E-state index < -0.39 is 10.5 Å². The van der Waals surface area contributed by atoms with E-state index in [1.807, 2.05) is 6.08 Å². The van der Waals surface area contributed by atoms with Crippen LogP contribution in [-0.4, -0.2) is 28.7 Å². The summed E-state index contributed by atoms with van der Waals surface area (Å²) in [5, 5.41) is 10.9.